The summed E-state index contributed by atoms with van der Waals surface area (Å²) in [6.07, 6.45) is -5.04. The fourth-order valence-electron chi connectivity index (χ4n) is 1.83. The van der Waals surface area contributed by atoms with Crippen molar-refractivity contribution in [2.24, 2.45) is 0 Å². The third-order valence-electron chi connectivity index (χ3n) is 2.51. The Morgan fingerprint density at radius 3 is 1.77 bits per heavy atom. The predicted octanol–water partition coefficient (Wildman–Crippen LogP) is 3.01. The van der Waals surface area contributed by atoms with Crippen LogP contribution in [0.3, 0.4) is 0 Å². The first kappa shape index (κ1) is 14.9. The molecule has 0 radical (unpaired) electrons. The molecular formula is C13H8O9. The Labute approximate surface area is 121 Å². The first-order valence-electron chi connectivity index (χ1n) is 5.66. The van der Waals surface area contributed by atoms with E-state index in [1.54, 1.807) is 6.07 Å². The molecule has 0 saturated heterocycles. The second kappa shape index (κ2) is 5.87. The maximum atomic E-state index is 10.8. The molecule has 2 rings (SSSR count). The van der Waals surface area contributed by atoms with Crippen LogP contribution in [0.4, 0.5) is 14.4 Å². The summed E-state index contributed by atoms with van der Waals surface area (Å²) in [5.74, 6) is -1.12. The van der Waals surface area contributed by atoms with Gasteiger partial charge in [-0.15, -0.1) is 0 Å². The largest absolute Gasteiger partial charge is 0.511 e. The van der Waals surface area contributed by atoms with Crippen LogP contribution in [0.25, 0.3) is 10.8 Å². The van der Waals surface area contributed by atoms with Gasteiger partial charge in [0.2, 0.25) is 0 Å². The Bertz CT molecular complexity index is 765. The van der Waals surface area contributed by atoms with E-state index in [9.17, 15) is 14.4 Å². The van der Waals surface area contributed by atoms with Gasteiger partial charge in [0, 0.05) is 16.8 Å². The molecule has 0 aromatic heterocycles. The number of benzene rings is 2. The Kier molecular flexibility index (Phi) is 3.98. The van der Waals surface area contributed by atoms with E-state index in [0.717, 1.165) is 6.07 Å². The minimum absolute atomic E-state index is 0.111. The summed E-state index contributed by atoms with van der Waals surface area (Å²) >= 11 is 0. The molecule has 2 aromatic carbocycles. The fourth-order valence-corrected chi connectivity index (χ4v) is 1.83. The molecule has 0 aliphatic heterocycles. The monoisotopic (exact) mass is 308 g/mol. The number of rotatable bonds is 3. The van der Waals surface area contributed by atoms with Gasteiger partial charge in [0.1, 0.15) is 5.75 Å². The first-order valence-corrected chi connectivity index (χ1v) is 5.66. The third kappa shape index (κ3) is 3.15. The summed E-state index contributed by atoms with van der Waals surface area (Å²) in [5, 5.41) is 26.5. The van der Waals surface area contributed by atoms with Gasteiger partial charge in [-0.2, -0.15) is 0 Å². The molecule has 22 heavy (non-hydrogen) atoms. The molecule has 0 amide bonds. The van der Waals surface area contributed by atoms with Crippen LogP contribution in [-0.2, 0) is 0 Å². The van der Waals surface area contributed by atoms with Crippen molar-refractivity contribution in [3.8, 4) is 17.2 Å². The van der Waals surface area contributed by atoms with E-state index in [1.807, 2.05) is 0 Å². The Morgan fingerprint density at radius 2 is 1.23 bits per heavy atom. The highest BCUT2D eigenvalue weighted by atomic mass is 16.7. The van der Waals surface area contributed by atoms with E-state index >= 15 is 0 Å². The molecule has 0 atom stereocenters. The van der Waals surface area contributed by atoms with Crippen molar-refractivity contribution in [1.29, 1.82) is 0 Å². The van der Waals surface area contributed by atoms with Gasteiger partial charge in [0.25, 0.3) is 0 Å². The van der Waals surface area contributed by atoms with Crippen molar-refractivity contribution in [2.45, 2.75) is 0 Å². The van der Waals surface area contributed by atoms with E-state index in [0.29, 0.717) is 0 Å². The molecule has 0 fully saturated rings. The fraction of sp³-hybridized carbons (Fsp3) is 0. The van der Waals surface area contributed by atoms with Crippen LogP contribution in [0.15, 0.2) is 30.3 Å². The maximum Gasteiger partial charge on any atom is 0.511 e. The Balaban J connectivity index is 2.74. The van der Waals surface area contributed by atoms with Gasteiger partial charge in [-0.25, -0.2) is 14.4 Å². The highest BCUT2D eigenvalue weighted by molar-refractivity contribution is 5.98. The summed E-state index contributed by atoms with van der Waals surface area (Å²) in [6.45, 7) is 0. The maximum absolute atomic E-state index is 10.8. The summed E-state index contributed by atoms with van der Waals surface area (Å²) in [7, 11) is 0. The summed E-state index contributed by atoms with van der Waals surface area (Å²) < 4.78 is 13.5. The standard InChI is InChI=1S/C13H8O9/c14-11(15)20-8-5-9(21-12(16)17)10(22-13(18)19)7-4-2-1-3-6(7)8/h1-5H,(H,14,15)(H,16,17)(H,18,19). The number of carboxylic acid groups (broad SMARTS) is 3. The predicted molar refractivity (Wildman–Crippen MR) is 69.9 cm³/mol. The van der Waals surface area contributed by atoms with Crippen molar-refractivity contribution in [3.05, 3.63) is 30.3 Å². The lowest BCUT2D eigenvalue weighted by Crippen LogP contribution is -2.10. The van der Waals surface area contributed by atoms with Crippen LogP contribution >= 0.6 is 0 Å². The molecule has 0 aliphatic carbocycles. The first-order chi connectivity index (χ1) is 10.4. The van der Waals surface area contributed by atoms with Gasteiger partial charge in [0.05, 0.1) is 0 Å². The molecule has 3 N–H and O–H groups in total. The van der Waals surface area contributed by atoms with E-state index in [4.69, 9.17) is 15.3 Å². The molecule has 9 nitrogen and oxygen atoms in total. The average Bonchev–Trinajstić information content (AvgIpc) is 2.41. The lowest BCUT2D eigenvalue weighted by molar-refractivity contribution is 0.132. The van der Waals surface area contributed by atoms with Crippen molar-refractivity contribution in [2.75, 3.05) is 0 Å². The summed E-state index contributed by atoms with van der Waals surface area (Å²) in [5.41, 5.74) is 0. The second-order valence-electron chi connectivity index (χ2n) is 3.85. The van der Waals surface area contributed by atoms with Gasteiger partial charge < -0.3 is 29.5 Å². The van der Waals surface area contributed by atoms with Crippen LogP contribution in [0.5, 0.6) is 17.2 Å². The van der Waals surface area contributed by atoms with Crippen LogP contribution in [-0.4, -0.2) is 33.8 Å². The lowest BCUT2D eigenvalue weighted by atomic mass is 10.1. The molecular weight excluding hydrogens is 300 g/mol. The Morgan fingerprint density at radius 1 is 0.727 bits per heavy atom. The number of hydrogen-bond donors (Lipinski definition) is 3. The number of hydrogen-bond acceptors (Lipinski definition) is 6. The molecule has 0 bridgehead atoms. The SMILES string of the molecule is O=C(O)Oc1cc(OC(=O)O)c2ccccc2c1OC(=O)O. The zero-order valence-electron chi connectivity index (χ0n) is 10.7. The van der Waals surface area contributed by atoms with Crippen molar-refractivity contribution < 1.29 is 43.9 Å². The molecule has 0 aliphatic rings. The van der Waals surface area contributed by atoms with E-state index in [1.165, 1.54) is 18.2 Å². The van der Waals surface area contributed by atoms with Crippen LogP contribution in [0.2, 0.25) is 0 Å². The molecule has 9 heteroatoms. The quantitative estimate of drug-likeness (QED) is 0.576. The minimum atomic E-state index is -1.73. The Hall–Kier alpha value is -3.49. The molecule has 2 aromatic rings. The van der Waals surface area contributed by atoms with Gasteiger partial charge in [-0.3, -0.25) is 0 Å². The number of ether oxygens (including phenoxy) is 3. The zero-order valence-corrected chi connectivity index (χ0v) is 10.7. The third-order valence-corrected chi connectivity index (χ3v) is 2.51. The van der Waals surface area contributed by atoms with Crippen molar-refractivity contribution in [3.63, 3.8) is 0 Å². The number of fused-ring (bicyclic) bond motifs is 1. The van der Waals surface area contributed by atoms with Crippen LogP contribution in [0, 0.1) is 0 Å². The van der Waals surface area contributed by atoms with Crippen LogP contribution in [0.1, 0.15) is 0 Å². The molecule has 0 unspecified atom stereocenters. The van der Waals surface area contributed by atoms with Gasteiger partial charge in [0.15, 0.2) is 11.5 Å². The smallest absolute Gasteiger partial charge is 0.449 e. The second-order valence-corrected chi connectivity index (χ2v) is 3.85. The molecule has 0 heterocycles. The molecule has 114 valence electrons. The zero-order chi connectivity index (χ0) is 16.3. The molecule has 0 saturated carbocycles. The summed E-state index contributed by atoms with van der Waals surface area (Å²) in [4.78, 5) is 32.2. The molecule has 0 spiro atoms. The van der Waals surface area contributed by atoms with Gasteiger partial charge >= 0.3 is 18.5 Å². The van der Waals surface area contributed by atoms with Gasteiger partial charge in [-0.1, -0.05) is 24.3 Å². The number of carbonyl (C=O) groups is 3. The topological polar surface area (TPSA) is 140 Å². The minimum Gasteiger partial charge on any atom is -0.449 e. The van der Waals surface area contributed by atoms with Crippen LogP contribution < -0.4 is 14.2 Å². The highest BCUT2D eigenvalue weighted by Gasteiger charge is 2.21. The van der Waals surface area contributed by atoms with E-state index < -0.39 is 24.2 Å². The summed E-state index contributed by atoms with van der Waals surface area (Å²) in [6, 6.07) is 6.85. The van der Waals surface area contributed by atoms with E-state index in [-0.39, 0.29) is 22.3 Å². The van der Waals surface area contributed by atoms with E-state index in [2.05, 4.69) is 14.2 Å². The van der Waals surface area contributed by atoms with Crippen molar-refractivity contribution >= 4 is 29.2 Å². The normalized spacial score (nSPS) is 10.0. The highest BCUT2D eigenvalue weighted by Crippen LogP contribution is 2.41. The van der Waals surface area contributed by atoms with Crippen molar-refractivity contribution in [1.82, 2.24) is 0 Å². The average molecular weight is 308 g/mol. The lowest BCUT2D eigenvalue weighted by Gasteiger charge is -2.13. The van der Waals surface area contributed by atoms with Gasteiger partial charge in [-0.05, 0) is 0 Å².